The van der Waals surface area contributed by atoms with Crippen LogP contribution >= 0.6 is 0 Å². The number of hydrogen-bond acceptors (Lipinski definition) is 6. The molecule has 170 valence electrons. The molecular weight excluding hydrogens is 420 g/mol. The Kier molecular flexibility index (Phi) is 7.09. The Hall–Kier alpha value is -4.08. The van der Waals surface area contributed by atoms with Gasteiger partial charge in [0.15, 0.2) is 0 Å². The van der Waals surface area contributed by atoms with Crippen LogP contribution in [0.15, 0.2) is 24.3 Å². The van der Waals surface area contributed by atoms with E-state index in [2.05, 4.69) is 0 Å². The maximum atomic E-state index is 12.1. The third kappa shape index (κ3) is 4.48. The van der Waals surface area contributed by atoms with Crippen molar-refractivity contribution in [1.82, 2.24) is 0 Å². The number of carboxylic acid groups (broad SMARTS) is 4. The van der Waals surface area contributed by atoms with Gasteiger partial charge < -0.3 is 30.2 Å². The summed E-state index contributed by atoms with van der Waals surface area (Å²) in [5.41, 5.74) is -2.44. The lowest BCUT2D eigenvalue weighted by molar-refractivity contribution is 0.0673. The predicted molar refractivity (Wildman–Crippen MR) is 118 cm³/mol. The number of aromatic carboxylic acids is 4. The van der Waals surface area contributed by atoms with Crippen molar-refractivity contribution in [3.8, 4) is 11.1 Å². The molecule has 4 N–H and O–H groups in total. The lowest BCUT2D eigenvalue weighted by Crippen LogP contribution is -2.23. The minimum atomic E-state index is -1.52. The molecule has 0 radical (unpaired) electrons. The smallest absolute Gasteiger partial charge is 0.336 e. The fraction of sp³-hybridized carbons (Fsp3) is 0.273. The molecule has 0 spiro atoms. The summed E-state index contributed by atoms with van der Waals surface area (Å²) in [5.74, 6) is -6.07. The molecule has 0 atom stereocenters. The SMILES string of the molecule is CCN(CC)c1cc(C(=O)O)c(-c2c(C(=O)O)cc(N(C)C)cc2C(=O)O)c(C(=O)O)c1. The van der Waals surface area contributed by atoms with Gasteiger partial charge in [-0.3, -0.25) is 0 Å². The van der Waals surface area contributed by atoms with Crippen molar-refractivity contribution < 1.29 is 39.6 Å². The summed E-state index contributed by atoms with van der Waals surface area (Å²) in [4.78, 5) is 51.6. The van der Waals surface area contributed by atoms with E-state index in [1.54, 1.807) is 19.0 Å². The zero-order chi connectivity index (χ0) is 24.3. The van der Waals surface area contributed by atoms with Crippen molar-refractivity contribution >= 4 is 35.3 Å². The van der Waals surface area contributed by atoms with Crippen LogP contribution in [0.4, 0.5) is 11.4 Å². The maximum Gasteiger partial charge on any atom is 0.336 e. The molecule has 0 aliphatic heterocycles. The van der Waals surface area contributed by atoms with E-state index in [4.69, 9.17) is 0 Å². The third-order valence-corrected chi connectivity index (χ3v) is 5.06. The van der Waals surface area contributed by atoms with Gasteiger partial charge in [-0.25, -0.2) is 19.2 Å². The minimum absolute atomic E-state index is 0.247. The monoisotopic (exact) mass is 444 g/mol. The first-order valence-corrected chi connectivity index (χ1v) is 9.66. The van der Waals surface area contributed by atoms with Gasteiger partial charge in [0.05, 0.1) is 22.3 Å². The lowest BCUT2D eigenvalue weighted by Gasteiger charge is -2.24. The molecule has 0 aliphatic rings. The zero-order valence-electron chi connectivity index (χ0n) is 18.0. The molecule has 2 aromatic rings. The van der Waals surface area contributed by atoms with Crippen LogP contribution in [0.25, 0.3) is 11.1 Å². The van der Waals surface area contributed by atoms with E-state index in [-0.39, 0.29) is 5.69 Å². The van der Waals surface area contributed by atoms with Gasteiger partial charge in [-0.2, -0.15) is 0 Å². The largest absolute Gasteiger partial charge is 0.478 e. The number of rotatable bonds is 9. The number of anilines is 2. The molecule has 32 heavy (non-hydrogen) atoms. The molecule has 0 aromatic heterocycles. The van der Waals surface area contributed by atoms with Crippen LogP contribution in [0.3, 0.4) is 0 Å². The van der Waals surface area contributed by atoms with E-state index < -0.39 is 57.3 Å². The molecule has 0 aliphatic carbocycles. The molecule has 0 unspecified atom stereocenters. The standard InChI is InChI=1S/C22H24N2O8/c1-5-24(6-2)12-9-15(21(29)30)18(16(10-12)22(31)32)17-13(19(25)26)7-11(23(3)4)8-14(17)20(27)28/h7-10H,5-6H2,1-4H3,(H,25,26)(H,27,28)(H,29,30)(H,31,32). The topological polar surface area (TPSA) is 156 Å². The summed E-state index contributed by atoms with van der Waals surface area (Å²) in [5, 5.41) is 39.3. The maximum absolute atomic E-state index is 12.1. The Balaban J connectivity index is 3.14. The average molecular weight is 444 g/mol. The molecular formula is C22H24N2O8. The Bertz CT molecular complexity index is 1030. The third-order valence-electron chi connectivity index (χ3n) is 5.06. The quantitative estimate of drug-likeness (QED) is 0.453. The molecule has 0 heterocycles. The van der Waals surface area contributed by atoms with Gasteiger partial charge in [0.25, 0.3) is 0 Å². The van der Waals surface area contributed by atoms with Gasteiger partial charge in [0, 0.05) is 49.7 Å². The number of hydrogen-bond donors (Lipinski definition) is 4. The van der Waals surface area contributed by atoms with Crippen LogP contribution in [0.5, 0.6) is 0 Å². The molecule has 2 rings (SSSR count). The summed E-state index contributed by atoms with van der Waals surface area (Å²) >= 11 is 0. The van der Waals surface area contributed by atoms with Gasteiger partial charge in [-0.1, -0.05) is 0 Å². The minimum Gasteiger partial charge on any atom is -0.478 e. The first kappa shape index (κ1) is 24.2. The van der Waals surface area contributed by atoms with Gasteiger partial charge in [-0.05, 0) is 38.1 Å². The van der Waals surface area contributed by atoms with Crippen LogP contribution in [0, 0.1) is 0 Å². The van der Waals surface area contributed by atoms with Crippen molar-refractivity contribution in [3.63, 3.8) is 0 Å². The van der Waals surface area contributed by atoms with E-state index in [0.717, 1.165) is 0 Å². The Morgan fingerprint density at radius 2 is 0.906 bits per heavy atom. The van der Waals surface area contributed by atoms with Gasteiger partial charge in [0.2, 0.25) is 0 Å². The summed E-state index contributed by atoms with van der Waals surface area (Å²) in [7, 11) is 3.16. The Labute approximate surface area is 183 Å². The van der Waals surface area contributed by atoms with Crippen LogP contribution < -0.4 is 9.80 Å². The average Bonchev–Trinajstić information content (AvgIpc) is 2.72. The van der Waals surface area contributed by atoms with Crippen molar-refractivity contribution in [2.45, 2.75) is 13.8 Å². The van der Waals surface area contributed by atoms with E-state index in [0.29, 0.717) is 18.8 Å². The van der Waals surface area contributed by atoms with E-state index in [1.165, 1.54) is 29.2 Å². The highest BCUT2D eigenvalue weighted by atomic mass is 16.4. The second-order valence-electron chi connectivity index (χ2n) is 7.12. The molecule has 0 saturated carbocycles. The van der Waals surface area contributed by atoms with E-state index >= 15 is 0 Å². The number of carboxylic acids is 4. The highest BCUT2D eigenvalue weighted by molar-refractivity contribution is 6.14. The molecule has 10 heteroatoms. The van der Waals surface area contributed by atoms with Crippen molar-refractivity contribution in [1.29, 1.82) is 0 Å². The predicted octanol–water partition coefficient (Wildman–Crippen LogP) is 3.06. The fourth-order valence-electron chi connectivity index (χ4n) is 3.50. The van der Waals surface area contributed by atoms with Crippen LogP contribution in [0.1, 0.15) is 55.3 Å². The summed E-state index contributed by atoms with van der Waals surface area (Å²) in [6.45, 7) is 4.55. The highest BCUT2D eigenvalue weighted by Crippen LogP contribution is 2.39. The molecule has 0 amide bonds. The molecule has 2 aromatic carbocycles. The second kappa shape index (κ2) is 9.38. The lowest BCUT2D eigenvalue weighted by atomic mass is 9.86. The van der Waals surface area contributed by atoms with Crippen molar-refractivity contribution in [2.24, 2.45) is 0 Å². The highest BCUT2D eigenvalue weighted by Gasteiger charge is 2.30. The van der Waals surface area contributed by atoms with Gasteiger partial charge >= 0.3 is 23.9 Å². The Morgan fingerprint density at radius 1 is 0.625 bits per heavy atom. The molecule has 0 fully saturated rings. The van der Waals surface area contributed by atoms with Gasteiger partial charge in [0.1, 0.15) is 0 Å². The van der Waals surface area contributed by atoms with Crippen LogP contribution in [-0.2, 0) is 0 Å². The summed E-state index contributed by atoms with van der Waals surface area (Å²) in [6.07, 6.45) is 0. The number of nitrogens with zero attached hydrogens (tertiary/aromatic N) is 2. The first-order valence-electron chi connectivity index (χ1n) is 9.66. The summed E-state index contributed by atoms with van der Waals surface area (Å²) in [6, 6.07) is 4.82. The number of benzene rings is 2. The van der Waals surface area contributed by atoms with Crippen LogP contribution in [0.2, 0.25) is 0 Å². The van der Waals surface area contributed by atoms with E-state index in [1.807, 2.05) is 13.8 Å². The second-order valence-corrected chi connectivity index (χ2v) is 7.12. The number of carbonyl (C=O) groups is 4. The fourth-order valence-corrected chi connectivity index (χ4v) is 3.50. The van der Waals surface area contributed by atoms with Crippen molar-refractivity contribution in [3.05, 3.63) is 46.5 Å². The zero-order valence-corrected chi connectivity index (χ0v) is 18.0. The Morgan fingerprint density at radius 3 is 1.12 bits per heavy atom. The molecule has 0 saturated heterocycles. The van der Waals surface area contributed by atoms with Crippen molar-refractivity contribution in [2.75, 3.05) is 37.0 Å². The molecule has 10 nitrogen and oxygen atoms in total. The summed E-state index contributed by atoms with van der Waals surface area (Å²) < 4.78 is 0. The van der Waals surface area contributed by atoms with E-state index in [9.17, 15) is 39.6 Å². The normalized spacial score (nSPS) is 10.5. The van der Waals surface area contributed by atoms with Gasteiger partial charge in [-0.15, -0.1) is 0 Å². The van der Waals surface area contributed by atoms with Crippen LogP contribution in [-0.4, -0.2) is 71.5 Å². The molecule has 0 bridgehead atoms. The first-order chi connectivity index (χ1) is 14.9.